The number of anilines is 1. The summed E-state index contributed by atoms with van der Waals surface area (Å²) < 4.78 is 13.2. The zero-order chi connectivity index (χ0) is 19.5. The highest BCUT2D eigenvalue weighted by molar-refractivity contribution is 7.80. The monoisotopic (exact) mass is 397 g/mol. The molecule has 2 bridgehead atoms. The molecule has 2 N–H and O–H groups in total. The van der Waals surface area contributed by atoms with Crippen molar-refractivity contribution < 1.29 is 4.39 Å². The normalized spacial score (nSPS) is 24.6. The van der Waals surface area contributed by atoms with Gasteiger partial charge in [-0.1, -0.05) is 30.7 Å². The van der Waals surface area contributed by atoms with E-state index in [4.69, 9.17) is 12.2 Å². The van der Waals surface area contributed by atoms with E-state index in [9.17, 15) is 4.39 Å². The lowest BCUT2D eigenvalue weighted by Crippen LogP contribution is -2.56. The smallest absolute Gasteiger partial charge is 0.170 e. The summed E-state index contributed by atoms with van der Waals surface area (Å²) in [5, 5.41) is 7.58. The van der Waals surface area contributed by atoms with Crippen LogP contribution in [0.25, 0.3) is 0 Å². The first-order valence-corrected chi connectivity index (χ1v) is 10.6. The molecular formula is C23H28FN3S. The molecule has 4 rings (SSSR count). The van der Waals surface area contributed by atoms with E-state index in [2.05, 4.69) is 34.6 Å². The van der Waals surface area contributed by atoms with Gasteiger partial charge in [0.1, 0.15) is 5.82 Å². The van der Waals surface area contributed by atoms with Crippen LogP contribution in [0.15, 0.2) is 48.5 Å². The molecule has 2 aliphatic heterocycles. The standard InChI is InChI=1S/C23H28FN3S/c1-16-4-2-5-19(12-16)25-23(28)26-20-13-21-6-3-7-22(14-20)27(21)15-17-8-10-18(24)11-9-17/h2,4-5,8-12,20-22H,3,6-7,13-15H2,1H3,(H2,25,26,28)/t21-,22-/m0/s1. The van der Waals surface area contributed by atoms with E-state index in [1.165, 1.54) is 30.4 Å². The Morgan fingerprint density at radius 3 is 2.50 bits per heavy atom. The topological polar surface area (TPSA) is 27.3 Å². The Hall–Kier alpha value is -1.98. The largest absolute Gasteiger partial charge is 0.360 e. The molecule has 0 saturated carbocycles. The molecule has 2 heterocycles. The van der Waals surface area contributed by atoms with E-state index in [1.807, 2.05) is 24.3 Å². The van der Waals surface area contributed by atoms with Crippen LogP contribution in [0.3, 0.4) is 0 Å². The maximum Gasteiger partial charge on any atom is 0.170 e. The lowest BCUT2D eigenvalue weighted by Gasteiger charge is -2.49. The molecule has 2 aliphatic rings. The Morgan fingerprint density at radius 1 is 1.11 bits per heavy atom. The van der Waals surface area contributed by atoms with Crippen molar-refractivity contribution in [1.82, 2.24) is 10.2 Å². The molecular weight excluding hydrogens is 369 g/mol. The van der Waals surface area contributed by atoms with Gasteiger partial charge in [0.05, 0.1) is 0 Å². The van der Waals surface area contributed by atoms with E-state index in [1.54, 1.807) is 12.1 Å². The Bertz CT molecular complexity index is 809. The minimum atomic E-state index is -0.165. The van der Waals surface area contributed by atoms with E-state index < -0.39 is 0 Å². The highest BCUT2D eigenvalue weighted by atomic mass is 32.1. The fraction of sp³-hybridized carbons (Fsp3) is 0.435. The van der Waals surface area contributed by atoms with Crippen LogP contribution in [-0.4, -0.2) is 28.1 Å². The van der Waals surface area contributed by atoms with Crippen molar-refractivity contribution >= 4 is 23.0 Å². The summed E-state index contributed by atoms with van der Waals surface area (Å²) in [6.07, 6.45) is 5.97. The maximum absolute atomic E-state index is 13.2. The molecule has 2 atom stereocenters. The second-order valence-corrected chi connectivity index (χ2v) is 8.58. The average Bonchev–Trinajstić information content (AvgIpc) is 2.64. The van der Waals surface area contributed by atoms with Crippen LogP contribution < -0.4 is 10.6 Å². The number of nitrogens with one attached hydrogen (secondary N) is 2. The van der Waals surface area contributed by atoms with Crippen LogP contribution in [0.2, 0.25) is 0 Å². The van der Waals surface area contributed by atoms with Crippen molar-refractivity contribution in [3.63, 3.8) is 0 Å². The molecule has 0 aromatic heterocycles. The Kier molecular flexibility index (Phi) is 5.93. The van der Waals surface area contributed by atoms with Crippen LogP contribution >= 0.6 is 12.2 Å². The Labute approximate surface area is 172 Å². The fourth-order valence-electron chi connectivity index (χ4n) is 4.73. The van der Waals surface area contributed by atoms with Crippen LogP contribution in [-0.2, 0) is 6.54 Å². The number of halogens is 1. The summed E-state index contributed by atoms with van der Waals surface area (Å²) in [5.41, 5.74) is 3.45. The zero-order valence-corrected chi connectivity index (χ0v) is 17.1. The van der Waals surface area contributed by atoms with Crippen molar-refractivity contribution in [2.45, 2.75) is 63.7 Å². The fourth-order valence-corrected chi connectivity index (χ4v) is 5.02. The van der Waals surface area contributed by atoms with Crippen molar-refractivity contribution in [3.05, 3.63) is 65.5 Å². The summed E-state index contributed by atoms with van der Waals surface area (Å²) in [6.45, 7) is 2.99. The van der Waals surface area contributed by atoms with E-state index in [0.29, 0.717) is 23.2 Å². The van der Waals surface area contributed by atoms with Crippen molar-refractivity contribution in [1.29, 1.82) is 0 Å². The minimum Gasteiger partial charge on any atom is -0.360 e. The lowest BCUT2D eigenvalue weighted by molar-refractivity contribution is 0.0211. The highest BCUT2D eigenvalue weighted by Gasteiger charge is 2.38. The first kappa shape index (κ1) is 19.3. The molecule has 0 amide bonds. The molecule has 0 unspecified atom stereocenters. The van der Waals surface area contributed by atoms with Crippen LogP contribution in [0.4, 0.5) is 10.1 Å². The number of rotatable bonds is 4. The van der Waals surface area contributed by atoms with E-state index in [-0.39, 0.29) is 5.82 Å². The molecule has 2 saturated heterocycles. The van der Waals surface area contributed by atoms with E-state index >= 15 is 0 Å². The van der Waals surface area contributed by atoms with Crippen LogP contribution in [0.1, 0.15) is 43.2 Å². The van der Waals surface area contributed by atoms with Crippen molar-refractivity contribution in [2.24, 2.45) is 0 Å². The third-order valence-corrected chi connectivity index (χ3v) is 6.24. The SMILES string of the molecule is Cc1cccc(NC(=S)NC2C[C@@H]3CCC[C@@H](C2)N3Cc2ccc(F)cc2)c1. The van der Waals surface area contributed by atoms with Gasteiger partial charge in [-0.25, -0.2) is 4.39 Å². The van der Waals surface area contributed by atoms with Crippen molar-refractivity contribution in [2.75, 3.05) is 5.32 Å². The van der Waals surface area contributed by atoms with Crippen LogP contribution in [0.5, 0.6) is 0 Å². The van der Waals surface area contributed by atoms with Gasteiger partial charge in [-0.2, -0.15) is 0 Å². The Balaban J connectivity index is 1.36. The number of hydrogen-bond donors (Lipinski definition) is 2. The van der Waals surface area contributed by atoms with Gasteiger partial charge in [0, 0.05) is 30.4 Å². The molecule has 3 nitrogen and oxygen atoms in total. The zero-order valence-electron chi connectivity index (χ0n) is 16.3. The number of aryl methyl sites for hydroxylation is 1. The van der Waals surface area contributed by atoms with Crippen LogP contribution in [0, 0.1) is 12.7 Å². The first-order chi connectivity index (χ1) is 13.6. The van der Waals surface area contributed by atoms with Gasteiger partial charge in [-0.3, -0.25) is 4.90 Å². The number of hydrogen-bond acceptors (Lipinski definition) is 2. The molecule has 148 valence electrons. The summed E-state index contributed by atoms with van der Waals surface area (Å²) in [6, 6.07) is 16.8. The lowest BCUT2D eigenvalue weighted by atomic mass is 9.81. The summed E-state index contributed by atoms with van der Waals surface area (Å²) in [5.74, 6) is -0.165. The summed E-state index contributed by atoms with van der Waals surface area (Å²) in [4.78, 5) is 2.63. The second-order valence-electron chi connectivity index (χ2n) is 8.17. The van der Waals surface area contributed by atoms with Gasteiger partial charge in [0.25, 0.3) is 0 Å². The molecule has 2 fully saturated rings. The maximum atomic E-state index is 13.2. The van der Waals surface area contributed by atoms with Gasteiger partial charge in [-0.15, -0.1) is 0 Å². The predicted molar refractivity (Wildman–Crippen MR) is 117 cm³/mol. The molecule has 0 aliphatic carbocycles. The van der Waals surface area contributed by atoms with Gasteiger partial charge in [0.15, 0.2) is 5.11 Å². The minimum absolute atomic E-state index is 0.165. The molecule has 2 aromatic rings. The van der Waals surface area contributed by atoms with Gasteiger partial charge >= 0.3 is 0 Å². The number of nitrogens with zero attached hydrogens (tertiary/aromatic N) is 1. The third kappa shape index (κ3) is 4.70. The predicted octanol–water partition coefficient (Wildman–Crippen LogP) is 5.01. The van der Waals surface area contributed by atoms with Gasteiger partial charge in [0.2, 0.25) is 0 Å². The average molecular weight is 398 g/mol. The number of thiocarbonyl (C=S) groups is 1. The molecule has 5 heteroatoms. The summed E-state index contributed by atoms with van der Waals surface area (Å²) >= 11 is 5.57. The number of fused-ring (bicyclic) bond motifs is 2. The van der Waals surface area contributed by atoms with E-state index in [0.717, 1.165) is 25.1 Å². The third-order valence-electron chi connectivity index (χ3n) is 6.02. The van der Waals surface area contributed by atoms with Crippen molar-refractivity contribution in [3.8, 4) is 0 Å². The quantitative estimate of drug-likeness (QED) is 0.710. The first-order valence-electron chi connectivity index (χ1n) is 10.2. The highest BCUT2D eigenvalue weighted by Crippen LogP contribution is 2.35. The van der Waals surface area contributed by atoms with Gasteiger partial charge in [-0.05, 0) is 80.2 Å². The second kappa shape index (κ2) is 8.58. The van der Waals surface area contributed by atoms with Gasteiger partial charge < -0.3 is 10.6 Å². The summed E-state index contributed by atoms with van der Waals surface area (Å²) in [7, 11) is 0. The number of benzene rings is 2. The molecule has 0 spiro atoms. The molecule has 28 heavy (non-hydrogen) atoms. The molecule has 2 aromatic carbocycles. The Morgan fingerprint density at radius 2 is 1.82 bits per heavy atom. The number of piperidine rings is 2. The molecule has 0 radical (unpaired) electrons.